The standard InChI is InChI=1S/C24H18O7/c1-3-29-22(25)18-11-9-14-6-4-5-7-17(14)21(18)31-24(27)19-12-15-8-10-16(28-2)13-20(15)30-23(19)26/h4-13H,3H2,1-2H3. The van der Waals surface area contributed by atoms with Crippen LogP contribution in [0.2, 0.25) is 0 Å². The van der Waals surface area contributed by atoms with Gasteiger partial charge in [0.15, 0.2) is 5.75 Å². The smallest absolute Gasteiger partial charge is 0.351 e. The molecular weight excluding hydrogens is 400 g/mol. The van der Waals surface area contributed by atoms with Crippen molar-refractivity contribution >= 4 is 33.7 Å². The zero-order chi connectivity index (χ0) is 22.0. The Kier molecular flexibility index (Phi) is 5.41. The van der Waals surface area contributed by atoms with Crippen molar-refractivity contribution < 1.29 is 28.2 Å². The molecule has 7 heteroatoms. The van der Waals surface area contributed by atoms with E-state index in [2.05, 4.69) is 0 Å². The summed E-state index contributed by atoms with van der Waals surface area (Å²) in [4.78, 5) is 37.8. The van der Waals surface area contributed by atoms with Crippen LogP contribution in [0.15, 0.2) is 69.9 Å². The highest BCUT2D eigenvalue weighted by atomic mass is 16.5. The number of hydrogen-bond donors (Lipinski definition) is 0. The van der Waals surface area contributed by atoms with Gasteiger partial charge in [-0.3, -0.25) is 0 Å². The molecule has 0 fully saturated rings. The van der Waals surface area contributed by atoms with Gasteiger partial charge < -0.3 is 18.6 Å². The van der Waals surface area contributed by atoms with Crippen LogP contribution in [0.1, 0.15) is 27.6 Å². The van der Waals surface area contributed by atoms with Crippen LogP contribution in [0, 0.1) is 0 Å². The second-order valence-corrected chi connectivity index (χ2v) is 6.62. The van der Waals surface area contributed by atoms with E-state index in [-0.39, 0.29) is 29.1 Å². The quantitative estimate of drug-likeness (QED) is 0.270. The topological polar surface area (TPSA) is 92.0 Å². The number of rotatable bonds is 5. The molecule has 156 valence electrons. The lowest BCUT2D eigenvalue weighted by molar-refractivity contribution is 0.0521. The average Bonchev–Trinajstić information content (AvgIpc) is 2.78. The summed E-state index contributed by atoms with van der Waals surface area (Å²) in [6.45, 7) is 1.84. The summed E-state index contributed by atoms with van der Waals surface area (Å²) in [5.74, 6) is -1.03. The fraction of sp³-hybridized carbons (Fsp3) is 0.125. The predicted octanol–water partition coefficient (Wildman–Crippen LogP) is 4.35. The molecule has 0 aliphatic rings. The van der Waals surface area contributed by atoms with Gasteiger partial charge in [-0.15, -0.1) is 0 Å². The van der Waals surface area contributed by atoms with E-state index >= 15 is 0 Å². The summed E-state index contributed by atoms with van der Waals surface area (Å²) in [5.41, 5.74) is -0.786. The molecule has 0 aliphatic heterocycles. The number of carbonyl (C=O) groups is 2. The van der Waals surface area contributed by atoms with Crippen LogP contribution >= 0.6 is 0 Å². The Morgan fingerprint density at radius 3 is 2.45 bits per heavy atom. The molecule has 0 saturated heterocycles. The third-order valence-electron chi connectivity index (χ3n) is 4.73. The molecule has 7 nitrogen and oxygen atoms in total. The SMILES string of the molecule is CCOC(=O)c1ccc2ccccc2c1OC(=O)c1cc2ccc(OC)cc2oc1=O. The minimum absolute atomic E-state index is 0.0239. The second kappa shape index (κ2) is 8.31. The van der Waals surface area contributed by atoms with E-state index < -0.39 is 17.6 Å². The number of ether oxygens (including phenoxy) is 3. The largest absolute Gasteiger partial charge is 0.497 e. The maximum absolute atomic E-state index is 12.9. The van der Waals surface area contributed by atoms with Crippen molar-refractivity contribution in [2.45, 2.75) is 6.92 Å². The Labute approximate surface area is 176 Å². The van der Waals surface area contributed by atoms with Crippen LogP contribution < -0.4 is 15.1 Å². The number of carbonyl (C=O) groups excluding carboxylic acids is 2. The van der Waals surface area contributed by atoms with Crippen LogP contribution in [0.5, 0.6) is 11.5 Å². The number of methoxy groups -OCH3 is 1. The molecule has 31 heavy (non-hydrogen) atoms. The molecule has 0 aliphatic carbocycles. The van der Waals surface area contributed by atoms with Crippen molar-refractivity contribution in [3.8, 4) is 11.5 Å². The van der Waals surface area contributed by atoms with Crippen LogP contribution in [0.25, 0.3) is 21.7 Å². The number of esters is 2. The molecule has 4 aromatic rings. The zero-order valence-corrected chi connectivity index (χ0v) is 16.8. The van der Waals surface area contributed by atoms with Crippen LogP contribution in [-0.2, 0) is 4.74 Å². The molecule has 4 rings (SSSR count). The highest BCUT2D eigenvalue weighted by Gasteiger charge is 2.23. The summed E-state index contributed by atoms with van der Waals surface area (Å²) in [6, 6.07) is 16.7. The van der Waals surface area contributed by atoms with Gasteiger partial charge in [-0.2, -0.15) is 0 Å². The Balaban J connectivity index is 1.79. The Bertz CT molecular complexity index is 1370. The van der Waals surface area contributed by atoms with Crippen LogP contribution in [0.3, 0.4) is 0 Å². The highest BCUT2D eigenvalue weighted by molar-refractivity contribution is 6.04. The summed E-state index contributed by atoms with van der Waals surface area (Å²) in [6.07, 6.45) is 0. The Morgan fingerprint density at radius 1 is 0.903 bits per heavy atom. The maximum Gasteiger partial charge on any atom is 0.351 e. The molecule has 0 bridgehead atoms. The molecule has 0 unspecified atom stereocenters. The number of benzene rings is 3. The fourth-order valence-electron chi connectivity index (χ4n) is 3.23. The lowest BCUT2D eigenvalue weighted by Crippen LogP contribution is -2.20. The van der Waals surface area contributed by atoms with Gasteiger partial charge in [-0.1, -0.05) is 30.3 Å². The van der Waals surface area contributed by atoms with Crippen molar-refractivity contribution in [3.05, 3.63) is 82.2 Å². The van der Waals surface area contributed by atoms with Gasteiger partial charge in [-0.05, 0) is 36.6 Å². The first-order chi connectivity index (χ1) is 15.0. The minimum Gasteiger partial charge on any atom is -0.497 e. The summed E-state index contributed by atoms with van der Waals surface area (Å²) in [7, 11) is 1.50. The zero-order valence-electron chi connectivity index (χ0n) is 16.8. The van der Waals surface area contributed by atoms with Gasteiger partial charge in [0.1, 0.15) is 22.5 Å². The molecule has 0 radical (unpaired) electrons. The summed E-state index contributed by atoms with van der Waals surface area (Å²) >= 11 is 0. The third kappa shape index (κ3) is 3.85. The van der Waals surface area contributed by atoms with Gasteiger partial charge in [0, 0.05) is 16.8 Å². The lowest BCUT2D eigenvalue weighted by Gasteiger charge is -2.12. The minimum atomic E-state index is -0.937. The molecule has 0 N–H and O–H groups in total. The molecule has 3 aromatic carbocycles. The van der Waals surface area contributed by atoms with Crippen molar-refractivity contribution in [2.24, 2.45) is 0 Å². The Hall–Kier alpha value is -4.13. The van der Waals surface area contributed by atoms with Gasteiger partial charge in [-0.25, -0.2) is 14.4 Å². The van der Waals surface area contributed by atoms with Crippen LogP contribution in [-0.4, -0.2) is 25.7 Å². The van der Waals surface area contributed by atoms with E-state index in [1.807, 2.05) is 12.1 Å². The molecule has 1 heterocycles. The normalized spacial score (nSPS) is 10.8. The van der Waals surface area contributed by atoms with Gasteiger partial charge in [0.2, 0.25) is 0 Å². The van der Waals surface area contributed by atoms with Crippen molar-refractivity contribution in [1.82, 2.24) is 0 Å². The summed E-state index contributed by atoms with van der Waals surface area (Å²) < 4.78 is 21.0. The maximum atomic E-state index is 12.9. The van der Waals surface area contributed by atoms with E-state index in [0.29, 0.717) is 16.5 Å². The van der Waals surface area contributed by atoms with E-state index in [1.165, 1.54) is 19.2 Å². The van der Waals surface area contributed by atoms with Crippen molar-refractivity contribution in [1.29, 1.82) is 0 Å². The predicted molar refractivity (Wildman–Crippen MR) is 114 cm³/mol. The van der Waals surface area contributed by atoms with Crippen molar-refractivity contribution in [3.63, 3.8) is 0 Å². The van der Waals surface area contributed by atoms with Crippen LogP contribution in [0.4, 0.5) is 0 Å². The molecule has 0 spiro atoms. The first-order valence-corrected chi connectivity index (χ1v) is 9.54. The first kappa shape index (κ1) is 20.2. The molecule has 1 aromatic heterocycles. The molecule has 0 atom stereocenters. The Morgan fingerprint density at radius 2 is 1.68 bits per heavy atom. The molecular formula is C24H18O7. The van der Waals surface area contributed by atoms with E-state index in [1.54, 1.807) is 43.3 Å². The number of hydrogen-bond acceptors (Lipinski definition) is 7. The molecule has 0 amide bonds. The fourth-order valence-corrected chi connectivity index (χ4v) is 3.23. The lowest BCUT2D eigenvalue weighted by atomic mass is 10.1. The third-order valence-corrected chi connectivity index (χ3v) is 4.73. The highest BCUT2D eigenvalue weighted by Crippen LogP contribution is 2.31. The van der Waals surface area contributed by atoms with E-state index in [0.717, 1.165) is 5.39 Å². The first-order valence-electron chi connectivity index (χ1n) is 9.54. The van der Waals surface area contributed by atoms with Gasteiger partial charge in [0.05, 0.1) is 13.7 Å². The molecule has 0 saturated carbocycles. The summed E-state index contributed by atoms with van der Waals surface area (Å²) in [5, 5.41) is 1.82. The van der Waals surface area contributed by atoms with E-state index in [4.69, 9.17) is 18.6 Å². The van der Waals surface area contributed by atoms with Gasteiger partial charge >= 0.3 is 17.6 Å². The second-order valence-electron chi connectivity index (χ2n) is 6.62. The number of fused-ring (bicyclic) bond motifs is 2. The van der Waals surface area contributed by atoms with Crippen molar-refractivity contribution in [2.75, 3.05) is 13.7 Å². The van der Waals surface area contributed by atoms with E-state index in [9.17, 15) is 14.4 Å². The van der Waals surface area contributed by atoms with Gasteiger partial charge in [0.25, 0.3) is 0 Å². The average molecular weight is 418 g/mol. The monoisotopic (exact) mass is 418 g/mol.